The molecule has 0 spiro atoms. The average molecular weight is 272 g/mol. The smallest absolute Gasteiger partial charge is 0.119 e. The number of alkyl halides is 1. The van der Waals surface area contributed by atoms with E-state index in [-0.39, 0.29) is 11.3 Å². The highest BCUT2D eigenvalue weighted by atomic mass is 35.5. The minimum Gasteiger partial charge on any atom is -0.493 e. The number of hydrogen-bond acceptors (Lipinski definition) is 3. The van der Waals surface area contributed by atoms with Gasteiger partial charge in [-0.15, -0.1) is 11.6 Å². The molecule has 0 aliphatic carbocycles. The average Bonchev–Trinajstić information content (AvgIpc) is 2.33. The highest BCUT2D eigenvalue weighted by Crippen LogP contribution is 2.19. The second kappa shape index (κ2) is 6.86. The van der Waals surface area contributed by atoms with E-state index in [9.17, 15) is 5.11 Å². The summed E-state index contributed by atoms with van der Waals surface area (Å²) in [6.45, 7) is 7.54. The quantitative estimate of drug-likeness (QED) is 0.781. The Balaban J connectivity index is 2.42. The van der Waals surface area contributed by atoms with E-state index in [0.717, 1.165) is 11.4 Å². The molecule has 1 rings (SSSR count). The Hall–Kier alpha value is -0.930. The maximum absolute atomic E-state index is 9.33. The molecular weight excluding hydrogens is 250 g/mol. The van der Waals surface area contributed by atoms with E-state index in [0.29, 0.717) is 13.2 Å². The van der Waals surface area contributed by atoms with Gasteiger partial charge in [0.15, 0.2) is 0 Å². The van der Waals surface area contributed by atoms with Gasteiger partial charge >= 0.3 is 0 Å². The summed E-state index contributed by atoms with van der Waals surface area (Å²) < 4.78 is 5.67. The van der Waals surface area contributed by atoms with E-state index in [1.165, 1.54) is 0 Å². The fraction of sp³-hybridized carbons (Fsp3) is 0.571. The molecule has 0 fully saturated rings. The van der Waals surface area contributed by atoms with E-state index in [1.54, 1.807) is 0 Å². The molecule has 1 atom stereocenters. The van der Waals surface area contributed by atoms with Gasteiger partial charge in [0.25, 0.3) is 0 Å². The van der Waals surface area contributed by atoms with Gasteiger partial charge in [-0.3, -0.25) is 0 Å². The monoisotopic (exact) mass is 271 g/mol. The summed E-state index contributed by atoms with van der Waals surface area (Å²) in [5.41, 5.74) is 1.10. The lowest BCUT2D eigenvalue weighted by atomic mass is 9.99. The normalized spacial score (nSPS) is 13.2. The Kier molecular flexibility index (Phi) is 5.76. The minimum absolute atomic E-state index is 0.154. The van der Waals surface area contributed by atoms with Gasteiger partial charge in [-0.1, -0.05) is 20.8 Å². The number of ether oxygens (including phenoxy) is 1. The van der Waals surface area contributed by atoms with Crippen molar-refractivity contribution in [2.45, 2.75) is 26.9 Å². The Morgan fingerprint density at radius 1 is 1.28 bits per heavy atom. The Morgan fingerprint density at radius 3 is 2.39 bits per heavy atom. The zero-order valence-electron chi connectivity index (χ0n) is 11.2. The Bertz CT molecular complexity index is 346. The van der Waals surface area contributed by atoms with Crippen molar-refractivity contribution in [3.8, 4) is 5.75 Å². The SMILES string of the molecule is CC(C)(C)COc1ccc(NCC(O)CCl)cc1. The van der Waals surface area contributed by atoms with Crippen molar-refractivity contribution >= 4 is 17.3 Å². The first-order chi connectivity index (χ1) is 8.40. The molecule has 0 saturated heterocycles. The fourth-order valence-electron chi connectivity index (χ4n) is 1.26. The topological polar surface area (TPSA) is 41.5 Å². The van der Waals surface area contributed by atoms with Crippen LogP contribution in [0.25, 0.3) is 0 Å². The predicted octanol–water partition coefficient (Wildman–Crippen LogP) is 3.12. The van der Waals surface area contributed by atoms with Crippen LogP contribution in [0.1, 0.15) is 20.8 Å². The molecule has 1 aromatic rings. The standard InChI is InChI=1S/C14H22ClNO2/c1-14(2,3)10-18-13-6-4-11(5-7-13)16-9-12(17)8-15/h4-7,12,16-17H,8-10H2,1-3H3. The van der Waals surface area contributed by atoms with E-state index >= 15 is 0 Å². The van der Waals surface area contributed by atoms with Gasteiger partial charge in [-0.2, -0.15) is 0 Å². The van der Waals surface area contributed by atoms with Crippen molar-refractivity contribution in [2.75, 3.05) is 24.3 Å². The van der Waals surface area contributed by atoms with Crippen LogP contribution in [0.15, 0.2) is 24.3 Å². The van der Waals surface area contributed by atoms with Gasteiger partial charge in [-0.05, 0) is 29.7 Å². The van der Waals surface area contributed by atoms with Crippen molar-refractivity contribution in [1.82, 2.24) is 0 Å². The van der Waals surface area contributed by atoms with Gasteiger partial charge in [0.05, 0.1) is 18.6 Å². The summed E-state index contributed by atoms with van der Waals surface area (Å²) >= 11 is 5.52. The summed E-state index contributed by atoms with van der Waals surface area (Å²) in [6.07, 6.45) is -0.525. The molecule has 4 heteroatoms. The zero-order valence-corrected chi connectivity index (χ0v) is 12.0. The molecule has 1 unspecified atom stereocenters. The van der Waals surface area contributed by atoms with Crippen molar-refractivity contribution in [1.29, 1.82) is 0 Å². The van der Waals surface area contributed by atoms with E-state index in [1.807, 2.05) is 24.3 Å². The van der Waals surface area contributed by atoms with E-state index in [2.05, 4.69) is 26.1 Å². The van der Waals surface area contributed by atoms with E-state index in [4.69, 9.17) is 16.3 Å². The molecule has 0 aliphatic rings. The number of aliphatic hydroxyl groups is 1. The molecule has 0 bridgehead atoms. The third-order valence-electron chi connectivity index (χ3n) is 2.25. The first kappa shape index (κ1) is 15.1. The third-order valence-corrected chi connectivity index (χ3v) is 2.60. The predicted molar refractivity (Wildman–Crippen MR) is 76.6 cm³/mol. The van der Waals surface area contributed by atoms with Crippen LogP contribution in [0.3, 0.4) is 0 Å². The molecule has 102 valence electrons. The molecule has 0 heterocycles. The first-order valence-electron chi connectivity index (χ1n) is 6.11. The van der Waals surface area contributed by atoms with Gasteiger partial charge in [-0.25, -0.2) is 0 Å². The van der Waals surface area contributed by atoms with Crippen LogP contribution < -0.4 is 10.1 Å². The largest absolute Gasteiger partial charge is 0.493 e. The van der Waals surface area contributed by atoms with Crippen molar-refractivity contribution in [3.05, 3.63) is 24.3 Å². The third kappa shape index (κ3) is 6.12. The van der Waals surface area contributed by atoms with Crippen molar-refractivity contribution in [3.63, 3.8) is 0 Å². The maximum atomic E-state index is 9.33. The molecule has 0 radical (unpaired) electrons. The molecule has 0 aliphatic heterocycles. The van der Waals surface area contributed by atoms with Gasteiger partial charge < -0.3 is 15.2 Å². The number of halogens is 1. The molecule has 18 heavy (non-hydrogen) atoms. The summed E-state index contributed by atoms with van der Waals surface area (Å²) in [5, 5.41) is 12.4. The number of aliphatic hydroxyl groups excluding tert-OH is 1. The number of nitrogens with one attached hydrogen (secondary N) is 1. The molecule has 2 N–H and O–H groups in total. The first-order valence-corrected chi connectivity index (χ1v) is 6.65. The van der Waals surface area contributed by atoms with Crippen LogP contribution in [0.5, 0.6) is 5.75 Å². The maximum Gasteiger partial charge on any atom is 0.119 e. The van der Waals surface area contributed by atoms with Gasteiger partial charge in [0.1, 0.15) is 5.75 Å². The van der Waals surface area contributed by atoms with Crippen LogP contribution >= 0.6 is 11.6 Å². The zero-order chi connectivity index (χ0) is 13.6. The van der Waals surface area contributed by atoms with Crippen LogP contribution in [0.4, 0.5) is 5.69 Å². The summed E-state index contributed by atoms with van der Waals surface area (Å²) in [5.74, 6) is 1.09. The van der Waals surface area contributed by atoms with Crippen molar-refractivity contribution in [2.24, 2.45) is 5.41 Å². The highest BCUT2D eigenvalue weighted by Gasteiger charge is 2.10. The molecule has 3 nitrogen and oxygen atoms in total. The molecule has 0 amide bonds. The lowest BCUT2D eigenvalue weighted by molar-refractivity contribution is 0.198. The second-order valence-corrected chi connectivity index (χ2v) is 5.87. The molecular formula is C14H22ClNO2. The number of benzene rings is 1. The second-order valence-electron chi connectivity index (χ2n) is 5.56. The van der Waals surface area contributed by atoms with Crippen LogP contribution in [-0.2, 0) is 0 Å². The van der Waals surface area contributed by atoms with Crippen LogP contribution in [0.2, 0.25) is 0 Å². The molecule has 0 saturated carbocycles. The number of anilines is 1. The van der Waals surface area contributed by atoms with Gasteiger partial charge in [0.2, 0.25) is 0 Å². The lowest BCUT2D eigenvalue weighted by Gasteiger charge is -2.19. The minimum atomic E-state index is -0.525. The summed E-state index contributed by atoms with van der Waals surface area (Å²) in [6, 6.07) is 7.69. The fourth-order valence-corrected chi connectivity index (χ4v) is 1.37. The highest BCUT2D eigenvalue weighted by molar-refractivity contribution is 6.18. The molecule has 0 aromatic heterocycles. The number of hydrogen-bond donors (Lipinski definition) is 2. The Labute approximate surface area is 114 Å². The van der Waals surface area contributed by atoms with Crippen LogP contribution in [-0.4, -0.2) is 30.2 Å². The summed E-state index contributed by atoms with van der Waals surface area (Å²) in [4.78, 5) is 0. The van der Waals surface area contributed by atoms with Crippen LogP contribution in [0, 0.1) is 5.41 Å². The summed E-state index contributed by atoms with van der Waals surface area (Å²) in [7, 11) is 0. The molecule has 1 aromatic carbocycles. The number of rotatable bonds is 6. The lowest BCUT2D eigenvalue weighted by Crippen LogP contribution is -2.20. The van der Waals surface area contributed by atoms with E-state index < -0.39 is 6.10 Å². The van der Waals surface area contributed by atoms with Gasteiger partial charge in [0, 0.05) is 12.2 Å². The Morgan fingerprint density at radius 2 is 1.89 bits per heavy atom. The van der Waals surface area contributed by atoms with Crippen molar-refractivity contribution < 1.29 is 9.84 Å².